The lowest BCUT2D eigenvalue weighted by atomic mass is 10.0. The van der Waals surface area contributed by atoms with Gasteiger partial charge < -0.3 is 15.8 Å². The summed E-state index contributed by atoms with van der Waals surface area (Å²) < 4.78 is 4.76. The Morgan fingerprint density at radius 2 is 2.06 bits per heavy atom. The molecule has 0 aliphatic rings. The fourth-order valence-electron chi connectivity index (χ4n) is 2.00. The average Bonchev–Trinajstić information content (AvgIpc) is 2.29. The van der Waals surface area contributed by atoms with E-state index < -0.39 is 0 Å². The summed E-state index contributed by atoms with van der Waals surface area (Å²) in [4.78, 5) is 11.7. The van der Waals surface area contributed by atoms with Gasteiger partial charge >= 0.3 is 5.97 Å². The Kier molecular flexibility index (Phi) is 5.01. The lowest BCUT2D eigenvalue weighted by Gasteiger charge is -2.19. The molecular weight excluding hydrogens is 228 g/mol. The first-order valence-corrected chi connectivity index (χ1v) is 6.18. The van der Waals surface area contributed by atoms with Gasteiger partial charge in [-0.25, -0.2) is 4.79 Å². The Hall–Kier alpha value is -1.71. The second-order valence-corrected chi connectivity index (χ2v) is 4.97. The maximum absolute atomic E-state index is 11.7. The first-order valence-electron chi connectivity index (χ1n) is 6.18. The van der Waals surface area contributed by atoms with Crippen LogP contribution in [0, 0.1) is 5.92 Å². The van der Waals surface area contributed by atoms with Crippen molar-refractivity contribution in [3.8, 4) is 0 Å². The smallest absolute Gasteiger partial charge is 0.340 e. The van der Waals surface area contributed by atoms with E-state index >= 15 is 0 Å². The zero-order valence-corrected chi connectivity index (χ0v) is 11.5. The highest BCUT2D eigenvalue weighted by Crippen LogP contribution is 2.22. The van der Waals surface area contributed by atoms with Crippen molar-refractivity contribution in [3.05, 3.63) is 23.8 Å². The van der Waals surface area contributed by atoms with Gasteiger partial charge in [0.15, 0.2) is 0 Å². The SMILES string of the molecule is COC(=O)c1cc(N)ccc1NC(C)CC(C)C. The number of ether oxygens (including phenoxy) is 1. The van der Waals surface area contributed by atoms with Crippen LogP contribution >= 0.6 is 0 Å². The summed E-state index contributed by atoms with van der Waals surface area (Å²) in [6.07, 6.45) is 1.03. The van der Waals surface area contributed by atoms with Crippen molar-refractivity contribution >= 4 is 17.3 Å². The second-order valence-electron chi connectivity index (χ2n) is 4.97. The minimum atomic E-state index is -0.374. The first-order chi connectivity index (χ1) is 8.43. The minimum absolute atomic E-state index is 0.289. The van der Waals surface area contributed by atoms with Crippen LogP contribution in [0.4, 0.5) is 11.4 Å². The van der Waals surface area contributed by atoms with E-state index in [0.29, 0.717) is 17.2 Å². The molecule has 1 atom stereocenters. The molecule has 1 aromatic rings. The fraction of sp³-hybridized carbons (Fsp3) is 0.500. The maximum atomic E-state index is 11.7. The number of nitrogen functional groups attached to an aromatic ring is 1. The van der Waals surface area contributed by atoms with E-state index in [-0.39, 0.29) is 12.0 Å². The Bertz CT molecular complexity index is 416. The van der Waals surface area contributed by atoms with Crippen molar-refractivity contribution in [2.75, 3.05) is 18.2 Å². The molecule has 0 radical (unpaired) electrons. The second kappa shape index (κ2) is 6.28. The summed E-state index contributed by atoms with van der Waals surface area (Å²) in [6.45, 7) is 6.43. The lowest BCUT2D eigenvalue weighted by molar-refractivity contribution is 0.0602. The molecule has 0 aliphatic carbocycles. The molecule has 1 aromatic carbocycles. The quantitative estimate of drug-likeness (QED) is 0.623. The van der Waals surface area contributed by atoms with E-state index in [1.54, 1.807) is 12.1 Å². The monoisotopic (exact) mass is 250 g/mol. The molecule has 0 aromatic heterocycles. The van der Waals surface area contributed by atoms with Gasteiger partial charge in [0.05, 0.1) is 12.7 Å². The largest absolute Gasteiger partial charge is 0.465 e. The number of carbonyl (C=O) groups excluding carboxylic acids is 1. The van der Waals surface area contributed by atoms with Crippen LogP contribution in [0.1, 0.15) is 37.6 Å². The number of nitrogens with one attached hydrogen (secondary N) is 1. The van der Waals surface area contributed by atoms with E-state index in [0.717, 1.165) is 12.1 Å². The minimum Gasteiger partial charge on any atom is -0.465 e. The number of rotatable bonds is 5. The molecule has 3 N–H and O–H groups in total. The highest BCUT2D eigenvalue weighted by Gasteiger charge is 2.14. The molecule has 0 saturated carbocycles. The zero-order chi connectivity index (χ0) is 13.7. The molecule has 1 rings (SSSR count). The molecule has 0 bridgehead atoms. The molecule has 0 heterocycles. The average molecular weight is 250 g/mol. The third kappa shape index (κ3) is 3.95. The highest BCUT2D eigenvalue weighted by atomic mass is 16.5. The molecule has 0 fully saturated rings. The predicted octanol–water partition coefficient (Wildman–Crippen LogP) is 2.90. The van der Waals surface area contributed by atoms with E-state index in [1.807, 2.05) is 6.07 Å². The van der Waals surface area contributed by atoms with Gasteiger partial charge in [0.1, 0.15) is 0 Å². The molecule has 0 spiro atoms. The van der Waals surface area contributed by atoms with E-state index in [2.05, 4.69) is 26.1 Å². The third-order valence-electron chi connectivity index (χ3n) is 2.68. The van der Waals surface area contributed by atoms with Crippen LogP contribution in [0.2, 0.25) is 0 Å². The third-order valence-corrected chi connectivity index (χ3v) is 2.68. The van der Waals surface area contributed by atoms with Crippen molar-refractivity contribution in [2.45, 2.75) is 33.2 Å². The van der Waals surface area contributed by atoms with Crippen molar-refractivity contribution in [1.82, 2.24) is 0 Å². The van der Waals surface area contributed by atoms with Gasteiger partial charge in [-0.05, 0) is 37.5 Å². The predicted molar refractivity (Wildman–Crippen MR) is 74.7 cm³/mol. The molecule has 0 aliphatic heterocycles. The van der Waals surface area contributed by atoms with Crippen LogP contribution in [0.15, 0.2) is 18.2 Å². The van der Waals surface area contributed by atoms with Crippen LogP contribution in [0.25, 0.3) is 0 Å². The van der Waals surface area contributed by atoms with Crippen molar-refractivity contribution in [1.29, 1.82) is 0 Å². The summed E-state index contributed by atoms with van der Waals surface area (Å²) in [5.41, 5.74) is 7.50. The van der Waals surface area contributed by atoms with Crippen molar-refractivity contribution < 1.29 is 9.53 Å². The number of nitrogens with two attached hydrogens (primary N) is 1. The number of benzene rings is 1. The molecule has 0 saturated heterocycles. The highest BCUT2D eigenvalue weighted by molar-refractivity contribution is 5.96. The maximum Gasteiger partial charge on any atom is 0.340 e. The van der Waals surface area contributed by atoms with E-state index in [4.69, 9.17) is 10.5 Å². The zero-order valence-electron chi connectivity index (χ0n) is 11.5. The standard InChI is InChI=1S/C14H22N2O2/c1-9(2)7-10(3)16-13-6-5-11(15)8-12(13)14(17)18-4/h5-6,8-10,16H,7,15H2,1-4H3. The number of hydrogen-bond donors (Lipinski definition) is 2. The Balaban J connectivity index is 2.90. The van der Waals surface area contributed by atoms with E-state index in [1.165, 1.54) is 7.11 Å². The van der Waals surface area contributed by atoms with Crippen LogP contribution in [-0.4, -0.2) is 19.1 Å². The van der Waals surface area contributed by atoms with Gasteiger partial charge in [-0.3, -0.25) is 0 Å². The Labute approximate surface area is 109 Å². The summed E-state index contributed by atoms with van der Waals surface area (Å²) in [7, 11) is 1.37. The van der Waals surface area contributed by atoms with Crippen LogP contribution in [0.3, 0.4) is 0 Å². The van der Waals surface area contributed by atoms with E-state index in [9.17, 15) is 4.79 Å². The number of methoxy groups -OCH3 is 1. The number of carbonyl (C=O) groups is 1. The van der Waals surface area contributed by atoms with Gasteiger partial charge in [-0.15, -0.1) is 0 Å². The van der Waals surface area contributed by atoms with Gasteiger partial charge in [0.25, 0.3) is 0 Å². The molecule has 0 amide bonds. The number of anilines is 2. The Morgan fingerprint density at radius 1 is 1.39 bits per heavy atom. The summed E-state index contributed by atoms with van der Waals surface area (Å²) in [5.74, 6) is 0.226. The molecule has 1 unspecified atom stereocenters. The summed E-state index contributed by atoms with van der Waals surface area (Å²) in [6, 6.07) is 5.52. The van der Waals surface area contributed by atoms with Crippen molar-refractivity contribution in [2.24, 2.45) is 5.92 Å². The molecule has 4 nitrogen and oxygen atoms in total. The number of hydrogen-bond acceptors (Lipinski definition) is 4. The summed E-state index contributed by atoms with van der Waals surface area (Å²) in [5, 5.41) is 3.33. The number of esters is 1. The van der Waals surface area contributed by atoms with Gasteiger partial charge in [0.2, 0.25) is 0 Å². The van der Waals surface area contributed by atoms with Crippen LogP contribution in [0.5, 0.6) is 0 Å². The lowest BCUT2D eigenvalue weighted by Crippen LogP contribution is -2.19. The first kappa shape index (κ1) is 14.4. The van der Waals surface area contributed by atoms with Gasteiger partial charge in [-0.2, -0.15) is 0 Å². The van der Waals surface area contributed by atoms with Gasteiger partial charge in [-0.1, -0.05) is 13.8 Å². The van der Waals surface area contributed by atoms with Crippen LogP contribution in [-0.2, 0) is 4.74 Å². The summed E-state index contributed by atoms with van der Waals surface area (Å²) >= 11 is 0. The van der Waals surface area contributed by atoms with Gasteiger partial charge in [0, 0.05) is 17.4 Å². The molecule has 100 valence electrons. The molecule has 4 heteroatoms. The van der Waals surface area contributed by atoms with Crippen LogP contribution < -0.4 is 11.1 Å². The molecular formula is C14H22N2O2. The topological polar surface area (TPSA) is 64.3 Å². The molecule has 18 heavy (non-hydrogen) atoms. The fourth-order valence-corrected chi connectivity index (χ4v) is 2.00. The Morgan fingerprint density at radius 3 is 2.61 bits per heavy atom. The van der Waals surface area contributed by atoms with Crippen molar-refractivity contribution in [3.63, 3.8) is 0 Å². The normalized spacial score (nSPS) is 12.3.